The Morgan fingerprint density at radius 2 is 2.23 bits per heavy atom. The number of hydrogen-bond donors (Lipinski definition) is 2. The van der Waals surface area contributed by atoms with E-state index in [1.807, 2.05) is 0 Å². The fraction of sp³-hybridized carbons (Fsp3) is 0. The van der Waals surface area contributed by atoms with E-state index >= 15 is 0 Å². The molecular weight excluding hydrogens is 174 g/mol. The summed E-state index contributed by atoms with van der Waals surface area (Å²) in [6.07, 6.45) is 4.31. The van der Waals surface area contributed by atoms with E-state index in [1.54, 1.807) is 12.4 Å². The molecule has 0 radical (unpaired) electrons. The van der Waals surface area contributed by atoms with Crippen LogP contribution in [0, 0.1) is 10.1 Å². The maximum absolute atomic E-state index is 10.3. The maximum atomic E-state index is 10.3. The van der Waals surface area contributed by atoms with Crippen LogP contribution in [0.5, 0.6) is 0 Å². The number of nitrogens with zero attached hydrogens (tertiary/aromatic N) is 3. The van der Waals surface area contributed by atoms with Gasteiger partial charge in [0.05, 0.1) is 0 Å². The van der Waals surface area contributed by atoms with Crippen molar-refractivity contribution in [1.29, 1.82) is 0 Å². The number of rotatable bonds is 2. The first-order chi connectivity index (χ1) is 6.27. The molecule has 0 saturated carbocycles. The van der Waals surface area contributed by atoms with Crippen molar-refractivity contribution in [2.45, 2.75) is 0 Å². The highest BCUT2D eigenvalue weighted by atomic mass is 16.6. The van der Waals surface area contributed by atoms with Crippen molar-refractivity contribution in [3.63, 3.8) is 0 Å². The molecule has 0 fully saturated rings. The van der Waals surface area contributed by atoms with E-state index < -0.39 is 4.92 Å². The Morgan fingerprint density at radius 1 is 1.38 bits per heavy atom. The topological polar surface area (TPSA) is 100 Å². The number of aromatic amines is 2. The van der Waals surface area contributed by atoms with Gasteiger partial charge < -0.3 is 15.1 Å². The summed E-state index contributed by atoms with van der Waals surface area (Å²) in [5.41, 5.74) is 0. The Morgan fingerprint density at radius 3 is 2.77 bits per heavy atom. The summed E-state index contributed by atoms with van der Waals surface area (Å²) in [6.45, 7) is 0. The third-order valence-corrected chi connectivity index (χ3v) is 1.48. The molecule has 0 spiro atoms. The Kier molecular flexibility index (Phi) is 1.55. The summed E-state index contributed by atoms with van der Waals surface area (Å²) in [4.78, 5) is 22.7. The third kappa shape index (κ3) is 1.26. The average molecular weight is 179 g/mol. The number of nitrogens with one attached hydrogen (secondary N) is 2. The van der Waals surface area contributed by atoms with E-state index in [1.165, 1.54) is 0 Å². The monoisotopic (exact) mass is 179 g/mol. The van der Waals surface area contributed by atoms with E-state index in [2.05, 4.69) is 19.9 Å². The first-order valence-electron chi connectivity index (χ1n) is 3.46. The van der Waals surface area contributed by atoms with E-state index in [-0.39, 0.29) is 5.82 Å². The predicted octanol–water partition coefficient (Wildman–Crippen LogP) is 0.708. The number of H-pyrrole nitrogens is 2. The van der Waals surface area contributed by atoms with Crippen molar-refractivity contribution in [3.05, 3.63) is 28.7 Å². The molecule has 2 N–H and O–H groups in total. The van der Waals surface area contributed by atoms with Crippen LogP contribution in [-0.2, 0) is 0 Å². The van der Waals surface area contributed by atoms with Gasteiger partial charge in [-0.05, 0) is 4.92 Å². The van der Waals surface area contributed by atoms with Crippen molar-refractivity contribution in [2.75, 3.05) is 0 Å². The molecule has 0 bridgehead atoms. The Balaban J connectivity index is 2.39. The van der Waals surface area contributed by atoms with Crippen LogP contribution in [0.1, 0.15) is 0 Å². The van der Waals surface area contributed by atoms with Crippen molar-refractivity contribution < 1.29 is 4.92 Å². The fourth-order valence-corrected chi connectivity index (χ4v) is 0.919. The lowest BCUT2D eigenvalue weighted by Crippen LogP contribution is -1.87. The van der Waals surface area contributed by atoms with Gasteiger partial charge in [0.15, 0.2) is 5.82 Å². The van der Waals surface area contributed by atoms with Gasteiger partial charge in [0, 0.05) is 12.4 Å². The van der Waals surface area contributed by atoms with Crippen LogP contribution >= 0.6 is 0 Å². The zero-order valence-corrected chi connectivity index (χ0v) is 6.39. The Labute approximate surface area is 72.0 Å². The van der Waals surface area contributed by atoms with Gasteiger partial charge in [0.25, 0.3) is 5.82 Å². The molecule has 0 amide bonds. The lowest BCUT2D eigenvalue weighted by Gasteiger charge is -1.85. The minimum absolute atomic E-state index is 0.147. The van der Waals surface area contributed by atoms with Crippen LogP contribution in [0.25, 0.3) is 11.6 Å². The van der Waals surface area contributed by atoms with Crippen LogP contribution in [0.15, 0.2) is 18.6 Å². The highest BCUT2D eigenvalue weighted by Gasteiger charge is 2.12. The second kappa shape index (κ2) is 2.70. The molecule has 2 rings (SSSR count). The van der Waals surface area contributed by atoms with E-state index in [0.717, 1.165) is 6.20 Å². The predicted molar refractivity (Wildman–Crippen MR) is 42.8 cm³/mol. The van der Waals surface area contributed by atoms with Gasteiger partial charge in [-0.3, -0.25) is 0 Å². The highest BCUT2D eigenvalue weighted by Crippen LogP contribution is 2.13. The molecule has 0 aliphatic heterocycles. The van der Waals surface area contributed by atoms with Gasteiger partial charge in [0.1, 0.15) is 6.20 Å². The van der Waals surface area contributed by atoms with Crippen molar-refractivity contribution >= 4 is 5.82 Å². The molecule has 7 heteroatoms. The summed E-state index contributed by atoms with van der Waals surface area (Å²) in [5.74, 6) is 0.691. The van der Waals surface area contributed by atoms with E-state index in [9.17, 15) is 10.1 Å². The molecule has 2 aromatic rings. The number of imidazole rings is 2. The first-order valence-corrected chi connectivity index (χ1v) is 3.46. The normalized spacial score (nSPS) is 10.2. The summed E-state index contributed by atoms with van der Waals surface area (Å²) >= 11 is 0. The zero-order chi connectivity index (χ0) is 9.26. The van der Waals surface area contributed by atoms with E-state index in [0.29, 0.717) is 11.6 Å². The van der Waals surface area contributed by atoms with Crippen LogP contribution in [0.4, 0.5) is 5.82 Å². The molecule has 13 heavy (non-hydrogen) atoms. The van der Waals surface area contributed by atoms with Gasteiger partial charge in [0.2, 0.25) is 0 Å². The fourth-order valence-electron chi connectivity index (χ4n) is 0.919. The summed E-state index contributed by atoms with van der Waals surface area (Å²) < 4.78 is 0. The SMILES string of the molecule is O=[N+]([O-])c1cnc(-c2ncc[nH]2)[nH]1. The average Bonchev–Trinajstić information content (AvgIpc) is 2.75. The number of hydrogen-bond acceptors (Lipinski definition) is 4. The van der Waals surface area contributed by atoms with Crippen LogP contribution < -0.4 is 0 Å². The smallest absolute Gasteiger partial charge is 0.341 e. The summed E-state index contributed by atoms with van der Waals surface area (Å²) in [5, 5.41) is 10.3. The zero-order valence-electron chi connectivity index (χ0n) is 6.39. The summed E-state index contributed by atoms with van der Waals surface area (Å²) in [7, 11) is 0. The molecule has 0 aliphatic carbocycles. The molecule has 66 valence electrons. The number of aromatic nitrogens is 4. The van der Waals surface area contributed by atoms with E-state index in [4.69, 9.17) is 0 Å². The molecule has 0 aliphatic rings. The molecule has 2 heterocycles. The lowest BCUT2D eigenvalue weighted by molar-refractivity contribution is -0.389. The van der Waals surface area contributed by atoms with Gasteiger partial charge >= 0.3 is 5.82 Å². The highest BCUT2D eigenvalue weighted by molar-refractivity contribution is 5.45. The maximum Gasteiger partial charge on any atom is 0.341 e. The standard InChI is InChI=1S/C6H5N5O2/c12-11(13)4-3-9-6(10-4)5-7-1-2-8-5/h1-3H,(H,7,8)(H,9,10). The lowest BCUT2D eigenvalue weighted by atomic mass is 10.6. The van der Waals surface area contributed by atoms with Gasteiger partial charge in [-0.2, -0.15) is 0 Å². The first kappa shape index (κ1) is 7.47. The van der Waals surface area contributed by atoms with Gasteiger partial charge in [-0.25, -0.2) is 15.0 Å². The molecule has 7 nitrogen and oxygen atoms in total. The third-order valence-electron chi connectivity index (χ3n) is 1.48. The largest absolute Gasteiger partial charge is 0.358 e. The molecule has 0 aromatic carbocycles. The van der Waals surface area contributed by atoms with Gasteiger partial charge in [-0.15, -0.1) is 0 Å². The molecule has 2 aromatic heterocycles. The molecule has 0 unspecified atom stereocenters. The molecular formula is C6H5N5O2. The van der Waals surface area contributed by atoms with Crippen molar-refractivity contribution in [2.24, 2.45) is 0 Å². The van der Waals surface area contributed by atoms with Crippen molar-refractivity contribution in [1.82, 2.24) is 19.9 Å². The van der Waals surface area contributed by atoms with Crippen molar-refractivity contribution in [3.8, 4) is 11.6 Å². The van der Waals surface area contributed by atoms with Crippen LogP contribution in [0.2, 0.25) is 0 Å². The minimum atomic E-state index is -0.542. The number of nitro groups is 1. The van der Waals surface area contributed by atoms with Gasteiger partial charge in [-0.1, -0.05) is 0 Å². The second-order valence-corrected chi connectivity index (χ2v) is 2.31. The molecule has 0 saturated heterocycles. The minimum Gasteiger partial charge on any atom is -0.358 e. The molecule has 0 atom stereocenters. The van der Waals surface area contributed by atoms with Crippen LogP contribution in [-0.4, -0.2) is 24.9 Å². The van der Waals surface area contributed by atoms with Crippen LogP contribution in [0.3, 0.4) is 0 Å². The second-order valence-electron chi connectivity index (χ2n) is 2.31. The quantitative estimate of drug-likeness (QED) is 0.523. The Hall–Kier alpha value is -2.18. The Bertz CT molecular complexity index is 418. The summed E-state index contributed by atoms with van der Waals surface area (Å²) in [6, 6.07) is 0.